The number of nitrogens with one attached hydrogen (secondary N) is 1. The monoisotopic (exact) mass is 389 g/mol. The molecule has 1 N–H and O–H groups in total. The van der Waals surface area contributed by atoms with Crippen molar-refractivity contribution in [3.05, 3.63) is 84.2 Å². The highest BCUT2D eigenvalue weighted by Crippen LogP contribution is 2.29. The molecular weight excluding hydrogens is 373 g/mol. The molecule has 7 heteroatoms. The third-order valence-corrected chi connectivity index (χ3v) is 4.29. The molecule has 29 heavy (non-hydrogen) atoms. The number of rotatable bonds is 5. The molecule has 1 heterocycles. The van der Waals surface area contributed by atoms with E-state index in [0.29, 0.717) is 34.0 Å². The molecule has 0 radical (unpaired) electrons. The summed E-state index contributed by atoms with van der Waals surface area (Å²) in [6.07, 6.45) is 0. The molecule has 4 rings (SSSR count). The molecule has 3 aromatic carbocycles. The summed E-state index contributed by atoms with van der Waals surface area (Å²) >= 11 is 0. The Labute approximate surface area is 166 Å². The van der Waals surface area contributed by atoms with Crippen LogP contribution in [0.2, 0.25) is 0 Å². The van der Waals surface area contributed by atoms with Crippen molar-refractivity contribution in [2.45, 2.75) is 0 Å². The molecule has 0 aliphatic rings. The number of carbonyl (C=O) groups excluding carboxylic acids is 1. The van der Waals surface area contributed by atoms with Gasteiger partial charge in [-0.05, 0) is 48.5 Å². The van der Waals surface area contributed by atoms with Crippen LogP contribution in [0.5, 0.6) is 5.75 Å². The summed E-state index contributed by atoms with van der Waals surface area (Å²) in [5, 5.41) is 6.82. The second-order valence-electron chi connectivity index (χ2n) is 6.13. The second-order valence-corrected chi connectivity index (χ2v) is 6.13. The smallest absolute Gasteiger partial charge is 0.260 e. The largest absolute Gasteiger partial charge is 0.496 e. The molecule has 1 amide bonds. The predicted octanol–water partition coefficient (Wildman–Crippen LogP) is 4.80. The topological polar surface area (TPSA) is 77.2 Å². The molecule has 0 unspecified atom stereocenters. The number of benzene rings is 3. The first-order valence-electron chi connectivity index (χ1n) is 8.79. The maximum atomic E-state index is 13.1. The van der Waals surface area contributed by atoms with E-state index in [1.807, 2.05) is 0 Å². The van der Waals surface area contributed by atoms with Crippen LogP contribution in [-0.2, 0) is 0 Å². The fourth-order valence-corrected chi connectivity index (χ4v) is 2.85. The number of hydrogen-bond donors (Lipinski definition) is 1. The van der Waals surface area contributed by atoms with Gasteiger partial charge in [0, 0.05) is 5.56 Å². The molecule has 0 aliphatic heterocycles. The Morgan fingerprint density at radius 1 is 1.00 bits per heavy atom. The van der Waals surface area contributed by atoms with Gasteiger partial charge in [0.05, 0.1) is 23.9 Å². The Bertz CT molecular complexity index is 1160. The molecule has 0 spiro atoms. The molecule has 0 bridgehead atoms. The number of carbonyl (C=O) groups is 1. The fraction of sp³-hybridized carbons (Fsp3) is 0.0455. The molecule has 1 aromatic heterocycles. The van der Waals surface area contributed by atoms with E-state index in [4.69, 9.17) is 9.26 Å². The van der Waals surface area contributed by atoms with Crippen molar-refractivity contribution in [1.29, 1.82) is 0 Å². The van der Waals surface area contributed by atoms with Crippen molar-refractivity contribution >= 4 is 11.6 Å². The number of ether oxygens (including phenoxy) is 1. The number of nitrogens with zero attached hydrogens (tertiary/aromatic N) is 2. The molecular formula is C22H16FN3O3. The minimum atomic E-state index is -0.345. The Morgan fingerprint density at radius 2 is 1.72 bits per heavy atom. The number of anilines is 1. The van der Waals surface area contributed by atoms with Crippen LogP contribution < -0.4 is 10.1 Å². The van der Waals surface area contributed by atoms with Gasteiger partial charge >= 0.3 is 0 Å². The van der Waals surface area contributed by atoms with E-state index in [9.17, 15) is 9.18 Å². The van der Waals surface area contributed by atoms with Gasteiger partial charge in [-0.3, -0.25) is 4.79 Å². The van der Waals surface area contributed by atoms with E-state index in [1.165, 1.54) is 19.2 Å². The van der Waals surface area contributed by atoms with Crippen LogP contribution in [0.15, 0.2) is 77.3 Å². The minimum Gasteiger partial charge on any atom is -0.496 e. The normalized spacial score (nSPS) is 10.6. The van der Waals surface area contributed by atoms with E-state index in [0.717, 1.165) is 0 Å². The average molecular weight is 389 g/mol. The third kappa shape index (κ3) is 3.84. The highest BCUT2D eigenvalue weighted by atomic mass is 19.1. The number of aromatic nitrogens is 2. The quantitative estimate of drug-likeness (QED) is 0.530. The van der Waals surface area contributed by atoms with Crippen LogP contribution in [0.25, 0.3) is 22.8 Å². The fourth-order valence-electron chi connectivity index (χ4n) is 2.85. The first-order valence-corrected chi connectivity index (χ1v) is 8.79. The maximum Gasteiger partial charge on any atom is 0.260 e. The van der Waals surface area contributed by atoms with E-state index in [2.05, 4.69) is 15.5 Å². The van der Waals surface area contributed by atoms with Gasteiger partial charge in [0.2, 0.25) is 5.82 Å². The highest BCUT2D eigenvalue weighted by molar-refractivity contribution is 6.07. The minimum absolute atomic E-state index is 0.236. The first kappa shape index (κ1) is 18.4. The van der Waals surface area contributed by atoms with Crippen LogP contribution in [0.1, 0.15) is 10.4 Å². The molecule has 0 saturated heterocycles. The zero-order valence-electron chi connectivity index (χ0n) is 15.4. The Balaban J connectivity index is 1.64. The number of methoxy groups -OCH3 is 1. The Morgan fingerprint density at radius 3 is 2.52 bits per heavy atom. The van der Waals surface area contributed by atoms with Gasteiger partial charge < -0.3 is 14.6 Å². The summed E-state index contributed by atoms with van der Waals surface area (Å²) in [5.74, 6) is 0.361. The molecule has 0 atom stereocenters. The van der Waals surface area contributed by atoms with Crippen LogP contribution in [0, 0.1) is 5.82 Å². The molecule has 0 fully saturated rings. The Kier molecular flexibility index (Phi) is 5.03. The van der Waals surface area contributed by atoms with Gasteiger partial charge in [-0.15, -0.1) is 0 Å². The third-order valence-electron chi connectivity index (χ3n) is 4.29. The van der Waals surface area contributed by atoms with Crippen molar-refractivity contribution < 1.29 is 18.4 Å². The number of hydrogen-bond acceptors (Lipinski definition) is 5. The van der Waals surface area contributed by atoms with Crippen molar-refractivity contribution in [3.63, 3.8) is 0 Å². The second kappa shape index (κ2) is 7.93. The van der Waals surface area contributed by atoms with Gasteiger partial charge in [0.25, 0.3) is 11.8 Å². The van der Waals surface area contributed by atoms with E-state index in [1.54, 1.807) is 60.7 Å². The number of para-hydroxylation sites is 2. The van der Waals surface area contributed by atoms with Gasteiger partial charge in [-0.25, -0.2) is 4.39 Å². The SMILES string of the molecule is COc1ccccc1C(=O)Nc1ccccc1-c1nc(-c2ccc(F)cc2)no1. The summed E-state index contributed by atoms with van der Waals surface area (Å²) in [5.41, 5.74) is 2.11. The summed E-state index contributed by atoms with van der Waals surface area (Å²) in [6, 6.07) is 19.8. The van der Waals surface area contributed by atoms with Gasteiger partial charge in [-0.1, -0.05) is 29.4 Å². The van der Waals surface area contributed by atoms with Crippen LogP contribution in [0.4, 0.5) is 10.1 Å². The lowest BCUT2D eigenvalue weighted by molar-refractivity contribution is 0.102. The van der Waals surface area contributed by atoms with Crippen molar-refractivity contribution in [2.24, 2.45) is 0 Å². The number of amides is 1. The average Bonchev–Trinajstić information content (AvgIpc) is 3.24. The first-order chi connectivity index (χ1) is 14.2. The molecule has 144 valence electrons. The predicted molar refractivity (Wildman–Crippen MR) is 106 cm³/mol. The summed E-state index contributed by atoms with van der Waals surface area (Å²) in [4.78, 5) is 17.1. The zero-order chi connectivity index (χ0) is 20.2. The molecule has 4 aromatic rings. The maximum absolute atomic E-state index is 13.1. The van der Waals surface area contributed by atoms with Crippen molar-refractivity contribution in [1.82, 2.24) is 10.1 Å². The van der Waals surface area contributed by atoms with Crippen LogP contribution >= 0.6 is 0 Å². The van der Waals surface area contributed by atoms with Gasteiger partial charge in [0.1, 0.15) is 11.6 Å². The highest BCUT2D eigenvalue weighted by Gasteiger charge is 2.17. The summed E-state index contributed by atoms with van der Waals surface area (Å²) < 4.78 is 23.8. The standard InChI is InChI=1S/C22H16FN3O3/c1-28-19-9-5-3-7-17(19)21(27)24-18-8-4-2-6-16(18)22-25-20(26-29-22)14-10-12-15(23)13-11-14/h2-13H,1H3,(H,24,27). The van der Waals surface area contributed by atoms with E-state index in [-0.39, 0.29) is 17.6 Å². The Hall–Kier alpha value is -4.00. The summed E-state index contributed by atoms with van der Waals surface area (Å²) in [6.45, 7) is 0. The van der Waals surface area contributed by atoms with Gasteiger partial charge in [0.15, 0.2) is 0 Å². The van der Waals surface area contributed by atoms with Crippen LogP contribution in [-0.4, -0.2) is 23.2 Å². The van der Waals surface area contributed by atoms with E-state index < -0.39 is 0 Å². The zero-order valence-corrected chi connectivity index (χ0v) is 15.4. The summed E-state index contributed by atoms with van der Waals surface area (Å²) in [7, 11) is 1.51. The lowest BCUT2D eigenvalue weighted by atomic mass is 10.1. The van der Waals surface area contributed by atoms with Gasteiger partial charge in [-0.2, -0.15) is 4.98 Å². The van der Waals surface area contributed by atoms with Crippen molar-refractivity contribution in [2.75, 3.05) is 12.4 Å². The number of halogens is 1. The molecule has 0 saturated carbocycles. The van der Waals surface area contributed by atoms with E-state index >= 15 is 0 Å². The molecule has 6 nitrogen and oxygen atoms in total. The lowest BCUT2D eigenvalue weighted by Gasteiger charge is -2.11. The molecule has 0 aliphatic carbocycles. The van der Waals surface area contributed by atoms with Crippen LogP contribution in [0.3, 0.4) is 0 Å². The lowest BCUT2D eigenvalue weighted by Crippen LogP contribution is -2.13. The van der Waals surface area contributed by atoms with Crippen molar-refractivity contribution in [3.8, 4) is 28.6 Å².